The molecule has 4 aromatic rings. The van der Waals surface area contributed by atoms with Gasteiger partial charge in [0.25, 0.3) is 0 Å². The molecule has 120 valence electrons. The zero-order valence-electron chi connectivity index (χ0n) is 13.3. The van der Waals surface area contributed by atoms with Gasteiger partial charge < -0.3 is 5.73 Å². The summed E-state index contributed by atoms with van der Waals surface area (Å²) in [7, 11) is 0. The first kappa shape index (κ1) is 14.8. The number of benzene rings is 2. The van der Waals surface area contributed by atoms with Crippen LogP contribution in [0.3, 0.4) is 0 Å². The highest BCUT2D eigenvalue weighted by molar-refractivity contribution is 5.86. The van der Waals surface area contributed by atoms with E-state index in [1.165, 1.54) is 0 Å². The summed E-state index contributed by atoms with van der Waals surface area (Å²) in [6.07, 6.45) is 1.68. The van der Waals surface area contributed by atoms with E-state index in [4.69, 9.17) is 11.0 Å². The standard InChI is InChI=1S/C19H14N6/c20-10-13-6-8-14(9-7-13)12-25-19-16(11-22-25)17(21)23-18(24-19)15-4-2-1-3-5-15/h1-9,11H,12H2,(H2,21,23,24). The van der Waals surface area contributed by atoms with Crippen LogP contribution in [0.2, 0.25) is 0 Å². The molecule has 0 fully saturated rings. The number of nitrogens with two attached hydrogens (primary N) is 1. The first-order chi connectivity index (χ1) is 12.2. The molecule has 0 bridgehead atoms. The fraction of sp³-hybridized carbons (Fsp3) is 0.0526. The van der Waals surface area contributed by atoms with Crippen molar-refractivity contribution in [2.45, 2.75) is 6.54 Å². The van der Waals surface area contributed by atoms with Crippen molar-refractivity contribution in [1.29, 1.82) is 5.26 Å². The van der Waals surface area contributed by atoms with Crippen LogP contribution in [0.1, 0.15) is 11.1 Å². The second-order valence-electron chi connectivity index (χ2n) is 5.65. The summed E-state index contributed by atoms with van der Waals surface area (Å²) >= 11 is 0. The Morgan fingerprint density at radius 1 is 1.00 bits per heavy atom. The zero-order chi connectivity index (χ0) is 17.2. The monoisotopic (exact) mass is 326 g/mol. The normalized spacial score (nSPS) is 10.7. The SMILES string of the molecule is N#Cc1ccc(Cn2ncc3c(N)nc(-c4ccccc4)nc32)cc1. The number of hydrogen-bond acceptors (Lipinski definition) is 5. The van der Waals surface area contributed by atoms with Gasteiger partial charge in [-0.15, -0.1) is 0 Å². The molecule has 25 heavy (non-hydrogen) atoms. The van der Waals surface area contributed by atoms with Crippen LogP contribution in [0.4, 0.5) is 5.82 Å². The van der Waals surface area contributed by atoms with Gasteiger partial charge in [-0.05, 0) is 17.7 Å². The molecule has 0 aliphatic heterocycles. The molecular weight excluding hydrogens is 312 g/mol. The third-order valence-corrected chi connectivity index (χ3v) is 3.97. The van der Waals surface area contributed by atoms with E-state index in [1.54, 1.807) is 23.0 Å². The molecule has 2 heterocycles. The number of nitriles is 1. The number of fused-ring (bicyclic) bond motifs is 1. The van der Waals surface area contributed by atoms with Gasteiger partial charge in [0.1, 0.15) is 5.82 Å². The molecule has 0 saturated heterocycles. The lowest BCUT2D eigenvalue weighted by molar-refractivity contribution is 0.704. The Kier molecular flexibility index (Phi) is 3.60. The molecule has 6 nitrogen and oxygen atoms in total. The van der Waals surface area contributed by atoms with Crippen LogP contribution in [0.5, 0.6) is 0 Å². The maximum Gasteiger partial charge on any atom is 0.164 e. The third-order valence-electron chi connectivity index (χ3n) is 3.97. The Hall–Kier alpha value is -3.72. The lowest BCUT2D eigenvalue weighted by Crippen LogP contribution is -2.04. The van der Waals surface area contributed by atoms with Crippen molar-refractivity contribution in [1.82, 2.24) is 19.7 Å². The summed E-state index contributed by atoms with van der Waals surface area (Å²) in [5, 5.41) is 14.0. The number of aromatic nitrogens is 4. The molecule has 0 amide bonds. The van der Waals surface area contributed by atoms with Crippen LogP contribution in [0, 0.1) is 11.3 Å². The van der Waals surface area contributed by atoms with Crippen LogP contribution < -0.4 is 5.73 Å². The van der Waals surface area contributed by atoms with Crippen molar-refractivity contribution >= 4 is 16.9 Å². The van der Waals surface area contributed by atoms with Crippen molar-refractivity contribution in [3.05, 3.63) is 71.9 Å². The molecule has 0 atom stereocenters. The molecule has 0 aliphatic carbocycles. The summed E-state index contributed by atoms with van der Waals surface area (Å²) in [4.78, 5) is 9.05. The molecule has 2 aromatic carbocycles. The van der Waals surface area contributed by atoms with Gasteiger partial charge in [-0.3, -0.25) is 0 Å². The van der Waals surface area contributed by atoms with Crippen molar-refractivity contribution < 1.29 is 0 Å². The predicted molar refractivity (Wildman–Crippen MR) is 95.4 cm³/mol. The van der Waals surface area contributed by atoms with E-state index in [2.05, 4.69) is 21.1 Å². The van der Waals surface area contributed by atoms with E-state index in [9.17, 15) is 0 Å². The Labute approximate surface area is 144 Å². The number of rotatable bonds is 3. The number of nitrogens with zero attached hydrogens (tertiary/aromatic N) is 5. The smallest absolute Gasteiger partial charge is 0.164 e. The zero-order valence-corrected chi connectivity index (χ0v) is 13.3. The highest BCUT2D eigenvalue weighted by atomic mass is 15.3. The lowest BCUT2D eigenvalue weighted by atomic mass is 10.1. The maximum absolute atomic E-state index is 8.90. The van der Waals surface area contributed by atoms with Crippen LogP contribution >= 0.6 is 0 Å². The fourth-order valence-electron chi connectivity index (χ4n) is 2.67. The summed E-state index contributed by atoms with van der Waals surface area (Å²) in [6.45, 7) is 0.542. The number of hydrogen-bond donors (Lipinski definition) is 1. The van der Waals surface area contributed by atoms with E-state index in [0.29, 0.717) is 29.4 Å². The van der Waals surface area contributed by atoms with Crippen LogP contribution in [0.15, 0.2) is 60.8 Å². The Balaban J connectivity index is 1.77. The second kappa shape index (κ2) is 6.06. The molecule has 0 aliphatic rings. The van der Waals surface area contributed by atoms with Gasteiger partial charge in [0, 0.05) is 5.56 Å². The van der Waals surface area contributed by atoms with E-state index < -0.39 is 0 Å². The van der Waals surface area contributed by atoms with Gasteiger partial charge >= 0.3 is 0 Å². The summed E-state index contributed by atoms with van der Waals surface area (Å²) in [5.74, 6) is 0.988. The topological polar surface area (TPSA) is 93.4 Å². The van der Waals surface area contributed by atoms with Crippen LogP contribution in [-0.2, 0) is 6.54 Å². The summed E-state index contributed by atoms with van der Waals surface area (Å²) < 4.78 is 1.79. The quantitative estimate of drug-likeness (QED) is 0.624. The second-order valence-corrected chi connectivity index (χ2v) is 5.65. The summed E-state index contributed by atoms with van der Waals surface area (Å²) in [5.41, 5.74) is 9.36. The molecule has 0 spiro atoms. The molecule has 0 saturated carbocycles. The number of nitrogen functional groups attached to an aromatic ring is 1. The lowest BCUT2D eigenvalue weighted by Gasteiger charge is -2.06. The molecule has 0 radical (unpaired) electrons. The minimum atomic E-state index is 0.412. The molecule has 6 heteroatoms. The highest BCUT2D eigenvalue weighted by Crippen LogP contribution is 2.23. The van der Waals surface area contributed by atoms with Crippen molar-refractivity contribution in [2.24, 2.45) is 0 Å². The summed E-state index contributed by atoms with van der Waals surface area (Å²) in [6, 6.07) is 19.2. The van der Waals surface area contributed by atoms with Crippen molar-refractivity contribution in [2.75, 3.05) is 5.73 Å². The maximum atomic E-state index is 8.90. The van der Waals surface area contributed by atoms with E-state index in [0.717, 1.165) is 16.5 Å². The molecular formula is C19H14N6. The molecule has 2 N–H and O–H groups in total. The Morgan fingerprint density at radius 2 is 1.76 bits per heavy atom. The Bertz CT molecular complexity index is 1070. The van der Waals surface area contributed by atoms with E-state index >= 15 is 0 Å². The first-order valence-corrected chi connectivity index (χ1v) is 7.78. The van der Waals surface area contributed by atoms with Crippen molar-refractivity contribution in [3.63, 3.8) is 0 Å². The molecule has 0 unspecified atom stereocenters. The van der Waals surface area contributed by atoms with Crippen LogP contribution in [-0.4, -0.2) is 19.7 Å². The minimum Gasteiger partial charge on any atom is -0.383 e. The van der Waals surface area contributed by atoms with Gasteiger partial charge in [0.15, 0.2) is 11.5 Å². The Morgan fingerprint density at radius 3 is 2.48 bits per heavy atom. The molecule has 4 rings (SSSR count). The third kappa shape index (κ3) is 2.79. The van der Waals surface area contributed by atoms with Crippen LogP contribution in [0.25, 0.3) is 22.4 Å². The predicted octanol–water partition coefficient (Wildman–Crippen LogP) is 3.00. The average molecular weight is 326 g/mol. The number of anilines is 1. The average Bonchev–Trinajstić information content (AvgIpc) is 3.06. The van der Waals surface area contributed by atoms with Gasteiger partial charge in [-0.2, -0.15) is 10.4 Å². The van der Waals surface area contributed by atoms with Gasteiger partial charge in [0.2, 0.25) is 0 Å². The van der Waals surface area contributed by atoms with Crippen molar-refractivity contribution in [3.8, 4) is 17.5 Å². The van der Waals surface area contributed by atoms with E-state index in [1.807, 2.05) is 42.5 Å². The molecule has 2 aromatic heterocycles. The fourth-order valence-corrected chi connectivity index (χ4v) is 2.67. The van der Waals surface area contributed by atoms with Gasteiger partial charge in [0.05, 0.1) is 29.8 Å². The first-order valence-electron chi connectivity index (χ1n) is 7.78. The van der Waals surface area contributed by atoms with Gasteiger partial charge in [-0.25, -0.2) is 14.6 Å². The minimum absolute atomic E-state index is 0.412. The highest BCUT2D eigenvalue weighted by Gasteiger charge is 2.12. The van der Waals surface area contributed by atoms with Gasteiger partial charge in [-0.1, -0.05) is 42.5 Å². The largest absolute Gasteiger partial charge is 0.383 e. The van der Waals surface area contributed by atoms with E-state index in [-0.39, 0.29) is 0 Å².